The molecule has 1 fully saturated rings. The molecule has 0 bridgehead atoms. The van der Waals surface area contributed by atoms with Gasteiger partial charge in [0, 0.05) is 5.56 Å². The van der Waals surface area contributed by atoms with E-state index in [2.05, 4.69) is 10.4 Å². The Bertz CT molecular complexity index is 1250. The largest absolute Gasteiger partial charge is 0.418 e. The molecule has 1 aliphatic heterocycles. The van der Waals surface area contributed by atoms with E-state index in [-0.39, 0.29) is 11.5 Å². The summed E-state index contributed by atoms with van der Waals surface area (Å²) in [6.45, 7) is 5.88. The molecule has 0 unspecified atom stereocenters. The van der Waals surface area contributed by atoms with Gasteiger partial charge in [-0.15, -0.1) is 0 Å². The average molecular weight is 490 g/mol. The van der Waals surface area contributed by atoms with Gasteiger partial charge in [0.15, 0.2) is 0 Å². The highest BCUT2D eigenvalue weighted by Gasteiger charge is 2.35. The number of rotatable bonds is 2. The third-order valence-electron chi connectivity index (χ3n) is 6.23. The number of alkyl halides is 3. The van der Waals surface area contributed by atoms with Crippen molar-refractivity contribution in [2.45, 2.75) is 52.1 Å². The van der Waals surface area contributed by atoms with Gasteiger partial charge in [-0.2, -0.15) is 18.3 Å². The van der Waals surface area contributed by atoms with Crippen LogP contribution >= 0.6 is 12.2 Å². The third-order valence-corrected chi connectivity index (χ3v) is 6.65. The predicted molar refractivity (Wildman–Crippen MR) is 128 cm³/mol. The molecule has 2 aromatic carbocycles. The second kappa shape index (κ2) is 9.96. The Balaban J connectivity index is 0.000000486. The molecule has 1 N–H and O–H groups in total. The molecule has 3 aromatic rings. The van der Waals surface area contributed by atoms with Crippen molar-refractivity contribution in [2.75, 3.05) is 13.1 Å². The van der Waals surface area contributed by atoms with E-state index in [0.29, 0.717) is 33.4 Å². The fourth-order valence-corrected chi connectivity index (χ4v) is 4.81. The standard InChI is InChI=1S/C22H18F4N2S.C4H9N/c1-12-6-8-17(22(24,25)26)19(10-12)28-21(29)16-5-3-4-15(16)20(27-28)14-7-9-18(23)13(2)11-14;1-2-4-5-3-1/h6-11H,3-5H2,1-2H3;5H,1-4H2. The number of hydrogen-bond donors (Lipinski definition) is 1. The highest BCUT2D eigenvalue weighted by Crippen LogP contribution is 2.37. The third kappa shape index (κ3) is 5.08. The number of fused-ring (bicyclic) bond motifs is 1. The normalized spacial score (nSPS) is 15.1. The molecule has 34 heavy (non-hydrogen) atoms. The highest BCUT2D eigenvalue weighted by molar-refractivity contribution is 7.71. The topological polar surface area (TPSA) is 29.9 Å². The van der Waals surface area contributed by atoms with Gasteiger partial charge in [-0.3, -0.25) is 0 Å². The summed E-state index contributed by atoms with van der Waals surface area (Å²) >= 11 is 5.56. The summed E-state index contributed by atoms with van der Waals surface area (Å²) in [6.07, 6.45) is 0.540. The van der Waals surface area contributed by atoms with E-state index in [9.17, 15) is 17.6 Å². The fourth-order valence-electron chi connectivity index (χ4n) is 4.44. The van der Waals surface area contributed by atoms with Gasteiger partial charge in [0.1, 0.15) is 10.5 Å². The summed E-state index contributed by atoms with van der Waals surface area (Å²) in [4.78, 5) is 0. The van der Waals surface area contributed by atoms with Crippen LogP contribution in [-0.2, 0) is 19.0 Å². The van der Waals surface area contributed by atoms with Gasteiger partial charge < -0.3 is 5.32 Å². The molecule has 180 valence electrons. The van der Waals surface area contributed by atoms with Gasteiger partial charge in [0.25, 0.3) is 0 Å². The first-order chi connectivity index (χ1) is 16.2. The Morgan fingerprint density at radius 3 is 2.26 bits per heavy atom. The van der Waals surface area contributed by atoms with Crippen molar-refractivity contribution in [1.82, 2.24) is 15.1 Å². The van der Waals surface area contributed by atoms with E-state index >= 15 is 0 Å². The molecule has 0 atom stereocenters. The van der Waals surface area contributed by atoms with Gasteiger partial charge >= 0.3 is 6.18 Å². The Kier molecular flexibility index (Phi) is 7.19. The zero-order valence-electron chi connectivity index (χ0n) is 19.2. The minimum atomic E-state index is -4.54. The van der Waals surface area contributed by atoms with Crippen LogP contribution in [0.2, 0.25) is 0 Å². The Morgan fingerprint density at radius 1 is 0.941 bits per heavy atom. The van der Waals surface area contributed by atoms with E-state index in [1.165, 1.54) is 48.8 Å². The predicted octanol–water partition coefficient (Wildman–Crippen LogP) is 6.90. The molecule has 0 radical (unpaired) electrons. The molecule has 2 aliphatic rings. The summed E-state index contributed by atoms with van der Waals surface area (Å²) in [5.74, 6) is -0.337. The molecule has 5 rings (SSSR count). The summed E-state index contributed by atoms with van der Waals surface area (Å²) in [5.41, 5.74) is 3.28. The lowest BCUT2D eigenvalue weighted by Crippen LogP contribution is -2.15. The van der Waals surface area contributed by atoms with E-state index < -0.39 is 11.7 Å². The number of nitrogens with one attached hydrogen (secondary N) is 1. The van der Waals surface area contributed by atoms with Gasteiger partial charge in [-0.05, 0) is 112 Å². The molecular formula is C26H27F4N3S. The van der Waals surface area contributed by atoms with Crippen molar-refractivity contribution in [3.8, 4) is 16.9 Å². The van der Waals surface area contributed by atoms with Crippen LogP contribution in [-0.4, -0.2) is 22.9 Å². The first-order valence-corrected chi connectivity index (χ1v) is 11.9. The van der Waals surface area contributed by atoms with Crippen LogP contribution in [0, 0.1) is 24.3 Å². The van der Waals surface area contributed by atoms with Crippen LogP contribution in [0.15, 0.2) is 36.4 Å². The van der Waals surface area contributed by atoms with Gasteiger partial charge in [0.2, 0.25) is 0 Å². The van der Waals surface area contributed by atoms with Crippen molar-refractivity contribution in [3.05, 3.63) is 74.7 Å². The van der Waals surface area contributed by atoms with Crippen LogP contribution in [0.3, 0.4) is 0 Å². The maximum Gasteiger partial charge on any atom is 0.418 e. The number of aryl methyl sites for hydroxylation is 2. The molecule has 0 saturated carbocycles. The zero-order chi connectivity index (χ0) is 24.5. The fraction of sp³-hybridized carbons (Fsp3) is 0.385. The number of hydrogen-bond acceptors (Lipinski definition) is 3. The van der Waals surface area contributed by atoms with E-state index in [1.807, 2.05) is 0 Å². The minimum Gasteiger partial charge on any atom is -0.317 e. The molecule has 3 nitrogen and oxygen atoms in total. The van der Waals surface area contributed by atoms with Crippen molar-refractivity contribution < 1.29 is 17.6 Å². The van der Waals surface area contributed by atoms with Crippen molar-refractivity contribution in [3.63, 3.8) is 0 Å². The Labute approximate surface area is 201 Å². The minimum absolute atomic E-state index is 0.0858. The van der Waals surface area contributed by atoms with Crippen LogP contribution in [0.1, 0.15) is 47.1 Å². The Morgan fingerprint density at radius 2 is 1.65 bits per heavy atom. The van der Waals surface area contributed by atoms with E-state index in [4.69, 9.17) is 12.2 Å². The van der Waals surface area contributed by atoms with Crippen LogP contribution in [0.5, 0.6) is 0 Å². The first-order valence-electron chi connectivity index (χ1n) is 11.5. The van der Waals surface area contributed by atoms with Gasteiger partial charge in [-0.25, -0.2) is 9.07 Å². The Hall–Kier alpha value is -2.58. The van der Waals surface area contributed by atoms with Crippen molar-refractivity contribution in [1.29, 1.82) is 0 Å². The molecule has 1 aliphatic carbocycles. The molecule has 0 amide bonds. The molecule has 0 spiro atoms. The maximum atomic E-state index is 13.8. The second-order valence-corrected chi connectivity index (χ2v) is 9.20. The molecular weight excluding hydrogens is 462 g/mol. The summed E-state index contributed by atoms with van der Waals surface area (Å²) < 4.78 is 56.3. The lowest BCUT2D eigenvalue weighted by molar-refractivity contribution is -0.137. The molecule has 2 heterocycles. The van der Waals surface area contributed by atoms with Crippen molar-refractivity contribution in [2.24, 2.45) is 0 Å². The SMILES string of the molecule is C1CCNC1.Cc1ccc(C(F)(F)F)c(-n2nc(-c3ccc(F)c(C)c3)c3c(c2=S)CCC3)c1. The summed E-state index contributed by atoms with van der Waals surface area (Å²) in [5, 5.41) is 7.78. The van der Waals surface area contributed by atoms with E-state index in [1.54, 1.807) is 26.0 Å². The lowest BCUT2D eigenvalue weighted by Gasteiger charge is -2.18. The zero-order valence-corrected chi connectivity index (χ0v) is 20.0. The molecule has 8 heteroatoms. The average Bonchev–Trinajstić information content (AvgIpc) is 3.51. The number of nitrogens with zero attached hydrogens (tertiary/aromatic N) is 2. The maximum absolute atomic E-state index is 13.8. The quantitative estimate of drug-likeness (QED) is 0.314. The number of benzene rings is 2. The van der Waals surface area contributed by atoms with Crippen molar-refractivity contribution >= 4 is 12.2 Å². The van der Waals surface area contributed by atoms with Crippen LogP contribution < -0.4 is 5.32 Å². The van der Waals surface area contributed by atoms with Gasteiger partial charge in [0.05, 0.1) is 16.9 Å². The smallest absolute Gasteiger partial charge is 0.317 e. The second-order valence-electron chi connectivity index (χ2n) is 8.82. The number of aromatic nitrogens is 2. The monoisotopic (exact) mass is 489 g/mol. The lowest BCUT2D eigenvalue weighted by atomic mass is 10.0. The van der Waals surface area contributed by atoms with Gasteiger partial charge in [-0.1, -0.05) is 18.3 Å². The molecule has 1 aromatic heterocycles. The van der Waals surface area contributed by atoms with Crippen LogP contribution in [0.4, 0.5) is 17.6 Å². The van der Waals surface area contributed by atoms with E-state index in [0.717, 1.165) is 30.0 Å². The highest BCUT2D eigenvalue weighted by atomic mass is 32.1. The summed E-state index contributed by atoms with van der Waals surface area (Å²) in [7, 11) is 0. The summed E-state index contributed by atoms with van der Waals surface area (Å²) in [6, 6.07) is 8.57. The number of halogens is 4. The van der Waals surface area contributed by atoms with Crippen LogP contribution in [0.25, 0.3) is 16.9 Å². The molecule has 1 saturated heterocycles. The first kappa shape index (κ1) is 24.5.